The molecule has 2 aliphatic heterocycles. The highest BCUT2D eigenvalue weighted by Gasteiger charge is 2.32. The molecule has 1 N–H and O–H groups in total. The van der Waals surface area contributed by atoms with E-state index in [2.05, 4.69) is 15.5 Å². The number of aromatic nitrogens is 1. The Bertz CT molecular complexity index is 908. The summed E-state index contributed by atoms with van der Waals surface area (Å²) in [6.07, 6.45) is 4.25. The van der Waals surface area contributed by atoms with Crippen molar-refractivity contribution in [3.05, 3.63) is 18.0 Å². The SMILES string of the molecule is CN=C(NC[C@H]1CCCN1S(C)(=O)=O)N1CCN(S(=O)(=O)Cc2ccon2)CC1. The molecule has 2 aliphatic rings. The average molecular weight is 449 g/mol. The van der Waals surface area contributed by atoms with Crippen LogP contribution in [0.5, 0.6) is 0 Å². The lowest BCUT2D eigenvalue weighted by molar-refractivity contribution is 0.258. The Kier molecular flexibility index (Phi) is 6.81. The normalized spacial score (nSPS) is 22.9. The maximum Gasteiger partial charge on any atom is 0.220 e. The van der Waals surface area contributed by atoms with Crippen LogP contribution in [0.15, 0.2) is 21.8 Å². The van der Waals surface area contributed by atoms with Crippen LogP contribution in [0.1, 0.15) is 18.5 Å². The summed E-state index contributed by atoms with van der Waals surface area (Å²) in [6, 6.07) is 1.45. The molecule has 11 nitrogen and oxygen atoms in total. The summed E-state index contributed by atoms with van der Waals surface area (Å²) < 4.78 is 56.6. The van der Waals surface area contributed by atoms with Crippen LogP contribution in [0.3, 0.4) is 0 Å². The first-order valence-corrected chi connectivity index (χ1v) is 13.0. The highest BCUT2D eigenvalue weighted by atomic mass is 32.2. The van der Waals surface area contributed by atoms with Crippen LogP contribution in [0.25, 0.3) is 0 Å². The Morgan fingerprint density at radius 3 is 2.55 bits per heavy atom. The van der Waals surface area contributed by atoms with Crippen LogP contribution < -0.4 is 5.32 Å². The van der Waals surface area contributed by atoms with E-state index < -0.39 is 20.0 Å². The van der Waals surface area contributed by atoms with Gasteiger partial charge in [-0.2, -0.15) is 8.61 Å². The molecule has 1 aromatic rings. The number of hydrogen-bond donors (Lipinski definition) is 1. The molecule has 0 aromatic carbocycles. The van der Waals surface area contributed by atoms with Crippen molar-refractivity contribution in [2.75, 3.05) is 52.6 Å². The second-order valence-electron chi connectivity index (χ2n) is 7.23. The van der Waals surface area contributed by atoms with Gasteiger partial charge in [-0.05, 0) is 12.8 Å². The van der Waals surface area contributed by atoms with Gasteiger partial charge in [0.15, 0.2) is 5.96 Å². The summed E-state index contributed by atoms with van der Waals surface area (Å²) in [7, 11) is -5.02. The van der Waals surface area contributed by atoms with E-state index in [1.165, 1.54) is 21.1 Å². The first kappa shape index (κ1) is 22.0. The van der Waals surface area contributed by atoms with Crippen LogP contribution in [-0.2, 0) is 25.8 Å². The predicted molar refractivity (Wildman–Crippen MR) is 108 cm³/mol. The Morgan fingerprint density at radius 2 is 1.97 bits per heavy atom. The average Bonchev–Trinajstić information content (AvgIpc) is 3.34. The Hall–Kier alpha value is -1.70. The fourth-order valence-corrected chi connectivity index (χ4v) is 6.37. The Morgan fingerprint density at radius 1 is 1.24 bits per heavy atom. The fraction of sp³-hybridized carbons (Fsp3) is 0.750. The van der Waals surface area contributed by atoms with Crippen LogP contribution in [0.4, 0.5) is 0 Å². The van der Waals surface area contributed by atoms with Crippen LogP contribution in [-0.4, -0.2) is 100 Å². The van der Waals surface area contributed by atoms with E-state index in [1.807, 2.05) is 4.90 Å². The zero-order valence-electron chi connectivity index (χ0n) is 16.7. The molecule has 0 aliphatic carbocycles. The van der Waals surface area contributed by atoms with E-state index in [1.54, 1.807) is 13.1 Å². The molecular formula is C16H28N6O5S2. The van der Waals surface area contributed by atoms with E-state index in [-0.39, 0.29) is 11.8 Å². The second-order valence-corrected chi connectivity index (χ2v) is 11.1. The molecule has 1 aromatic heterocycles. The summed E-state index contributed by atoms with van der Waals surface area (Å²) in [6.45, 7) is 2.71. The second kappa shape index (κ2) is 8.98. The van der Waals surface area contributed by atoms with Gasteiger partial charge in [-0.1, -0.05) is 5.16 Å². The summed E-state index contributed by atoms with van der Waals surface area (Å²) in [4.78, 5) is 6.27. The van der Waals surface area contributed by atoms with Gasteiger partial charge < -0.3 is 14.7 Å². The molecule has 13 heteroatoms. The van der Waals surface area contributed by atoms with Gasteiger partial charge in [0.25, 0.3) is 0 Å². The molecule has 0 unspecified atom stereocenters. The zero-order chi connectivity index (χ0) is 21.1. The third-order valence-electron chi connectivity index (χ3n) is 5.21. The predicted octanol–water partition coefficient (Wildman–Crippen LogP) is -0.879. The van der Waals surface area contributed by atoms with Crippen LogP contribution in [0, 0.1) is 0 Å². The minimum atomic E-state index is -3.46. The largest absolute Gasteiger partial charge is 0.364 e. The number of nitrogens with one attached hydrogen (secondary N) is 1. The summed E-state index contributed by atoms with van der Waals surface area (Å²) >= 11 is 0. The third-order valence-corrected chi connectivity index (χ3v) is 8.35. The van der Waals surface area contributed by atoms with Crippen molar-refractivity contribution in [1.29, 1.82) is 0 Å². The molecule has 1 atom stereocenters. The van der Waals surface area contributed by atoms with Gasteiger partial charge in [0.05, 0.1) is 11.9 Å². The number of aliphatic imine (C=N–C) groups is 1. The number of nitrogens with zero attached hydrogens (tertiary/aromatic N) is 5. The monoisotopic (exact) mass is 448 g/mol. The number of piperazine rings is 1. The van der Waals surface area contributed by atoms with Gasteiger partial charge in [-0.25, -0.2) is 16.8 Å². The number of rotatable bonds is 6. The van der Waals surface area contributed by atoms with Gasteiger partial charge in [0.2, 0.25) is 20.0 Å². The smallest absolute Gasteiger partial charge is 0.220 e. The summed E-state index contributed by atoms with van der Waals surface area (Å²) in [5, 5.41) is 6.92. The number of hydrogen-bond acceptors (Lipinski definition) is 7. The maximum absolute atomic E-state index is 12.5. The number of guanidine groups is 1. The zero-order valence-corrected chi connectivity index (χ0v) is 18.3. The lowest BCUT2D eigenvalue weighted by Crippen LogP contribution is -2.55. The van der Waals surface area contributed by atoms with Crippen LogP contribution in [0.2, 0.25) is 0 Å². The molecular weight excluding hydrogens is 420 g/mol. The van der Waals surface area contributed by atoms with Gasteiger partial charge >= 0.3 is 0 Å². The first-order valence-electron chi connectivity index (χ1n) is 9.50. The van der Waals surface area contributed by atoms with E-state index >= 15 is 0 Å². The first-order chi connectivity index (χ1) is 13.7. The van der Waals surface area contributed by atoms with Crippen LogP contribution >= 0.6 is 0 Å². The van der Waals surface area contributed by atoms with Gasteiger partial charge in [0.1, 0.15) is 12.0 Å². The lowest BCUT2D eigenvalue weighted by Gasteiger charge is -2.36. The molecule has 164 valence electrons. The fourth-order valence-electron chi connectivity index (χ4n) is 3.76. The molecule has 2 saturated heterocycles. The molecule has 3 heterocycles. The van der Waals surface area contributed by atoms with Gasteiger partial charge in [-0.3, -0.25) is 4.99 Å². The molecule has 0 bridgehead atoms. The van der Waals surface area contributed by atoms with Crippen molar-refractivity contribution >= 4 is 26.0 Å². The highest BCUT2D eigenvalue weighted by Crippen LogP contribution is 2.20. The van der Waals surface area contributed by atoms with Gasteiger partial charge in [-0.15, -0.1) is 0 Å². The third kappa shape index (κ3) is 5.47. The topological polar surface area (TPSA) is 128 Å². The van der Waals surface area contributed by atoms with Crippen molar-refractivity contribution in [3.8, 4) is 0 Å². The van der Waals surface area contributed by atoms with Crippen molar-refractivity contribution in [3.63, 3.8) is 0 Å². The van der Waals surface area contributed by atoms with Gasteiger partial charge in [0, 0.05) is 58.4 Å². The lowest BCUT2D eigenvalue weighted by atomic mass is 10.2. The Labute approximate surface area is 171 Å². The highest BCUT2D eigenvalue weighted by molar-refractivity contribution is 7.88. The quantitative estimate of drug-likeness (QED) is 0.439. The summed E-state index contributed by atoms with van der Waals surface area (Å²) in [5.74, 6) is 0.471. The molecule has 29 heavy (non-hydrogen) atoms. The van der Waals surface area contributed by atoms with E-state index in [4.69, 9.17) is 4.52 Å². The van der Waals surface area contributed by atoms with Crippen molar-refractivity contribution < 1.29 is 21.4 Å². The summed E-state index contributed by atoms with van der Waals surface area (Å²) in [5.41, 5.74) is 0.386. The molecule has 0 radical (unpaired) electrons. The van der Waals surface area contributed by atoms with E-state index in [9.17, 15) is 16.8 Å². The molecule has 2 fully saturated rings. The molecule has 0 amide bonds. The van der Waals surface area contributed by atoms with E-state index in [0.29, 0.717) is 50.9 Å². The number of sulfonamides is 2. The molecule has 3 rings (SSSR count). The van der Waals surface area contributed by atoms with E-state index in [0.717, 1.165) is 12.8 Å². The van der Waals surface area contributed by atoms with Crippen molar-refractivity contribution in [1.82, 2.24) is 24.0 Å². The maximum atomic E-state index is 12.5. The Balaban J connectivity index is 1.52. The van der Waals surface area contributed by atoms with Crippen molar-refractivity contribution in [2.45, 2.75) is 24.6 Å². The standard InChI is InChI=1S/C16H28N6O5S2/c1-17-16(18-12-15-4-3-6-22(15)28(2,23)24)20-7-9-21(10-8-20)29(25,26)13-14-5-11-27-19-14/h5,11,15H,3-4,6-10,12-13H2,1-2H3,(H,17,18)/t15-/m1/s1. The minimum Gasteiger partial charge on any atom is -0.364 e. The molecule has 0 spiro atoms. The minimum absolute atomic E-state index is 0.0918. The molecule has 0 saturated carbocycles. The van der Waals surface area contributed by atoms with Crippen molar-refractivity contribution in [2.24, 2.45) is 4.99 Å².